The number of rotatable bonds is 7. The predicted molar refractivity (Wildman–Crippen MR) is 120 cm³/mol. The third-order valence-electron chi connectivity index (χ3n) is 4.78. The second-order valence-corrected chi connectivity index (χ2v) is 7.74. The highest BCUT2D eigenvalue weighted by molar-refractivity contribution is 7.12. The summed E-state index contributed by atoms with van der Waals surface area (Å²) in [6.45, 7) is 0.409. The monoisotopic (exact) mass is 419 g/mol. The molecule has 0 fully saturated rings. The van der Waals surface area contributed by atoms with Crippen LogP contribution in [0.5, 0.6) is 0 Å². The van der Waals surface area contributed by atoms with Gasteiger partial charge in [0.05, 0.1) is 16.3 Å². The van der Waals surface area contributed by atoms with Crippen molar-refractivity contribution in [2.45, 2.75) is 12.3 Å². The summed E-state index contributed by atoms with van der Waals surface area (Å²) in [6, 6.07) is 18.6. The Labute approximate surface area is 177 Å². The van der Waals surface area contributed by atoms with E-state index in [9.17, 15) is 9.59 Å². The minimum Gasteiger partial charge on any atom is -0.330 e. The van der Waals surface area contributed by atoms with Crippen molar-refractivity contribution in [2.24, 2.45) is 5.73 Å². The van der Waals surface area contributed by atoms with Gasteiger partial charge < -0.3 is 16.4 Å². The normalized spacial score (nSPS) is 11.9. The molecule has 0 unspecified atom stereocenters. The molecule has 2 aromatic carbocycles. The van der Waals surface area contributed by atoms with Crippen molar-refractivity contribution in [2.75, 3.05) is 17.2 Å². The smallest absolute Gasteiger partial charge is 0.266 e. The third kappa shape index (κ3) is 4.24. The summed E-state index contributed by atoms with van der Waals surface area (Å²) in [4.78, 5) is 25.9. The number of aromatic nitrogens is 2. The maximum atomic E-state index is 12.9. The summed E-state index contributed by atoms with van der Waals surface area (Å²) in [5, 5.41) is 15.4. The van der Waals surface area contributed by atoms with Crippen LogP contribution in [0.1, 0.15) is 27.6 Å². The number of H-pyrrole nitrogens is 1. The quantitative estimate of drug-likeness (QED) is 0.363. The van der Waals surface area contributed by atoms with Crippen LogP contribution >= 0.6 is 11.3 Å². The van der Waals surface area contributed by atoms with E-state index in [1.165, 1.54) is 11.3 Å². The van der Waals surface area contributed by atoms with Crippen LogP contribution in [0.4, 0.5) is 11.5 Å². The molecule has 0 bridgehead atoms. The number of hydrogen-bond donors (Lipinski definition) is 4. The van der Waals surface area contributed by atoms with E-state index in [-0.39, 0.29) is 17.7 Å². The van der Waals surface area contributed by atoms with Crippen LogP contribution in [0, 0.1) is 0 Å². The van der Waals surface area contributed by atoms with Crippen LogP contribution in [0.25, 0.3) is 10.9 Å². The lowest BCUT2D eigenvalue weighted by atomic mass is 9.94. The molecule has 0 radical (unpaired) electrons. The molecule has 0 spiro atoms. The Balaban J connectivity index is 1.55. The highest BCUT2D eigenvalue weighted by Gasteiger charge is 2.20. The molecule has 1 atom stereocenters. The zero-order chi connectivity index (χ0) is 20.9. The van der Waals surface area contributed by atoms with E-state index < -0.39 is 0 Å². The van der Waals surface area contributed by atoms with Crippen molar-refractivity contribution in [3.63, 3.8) is 0 Å². The van der Waals surface area contributed by atoms with Gasteiger partial charge in [-0.1, -0.05) is 36.4 Å². The van der Waals surface area contributed by atoms with Crippen LogP contribution in [0.15, 0.2) is 66.0 Å². The van der Waals surface area contributed by atoms with E-state index >= 15 is 0 Å². The van der Waals surface area contributed by atoms with Gasteiger partial charge in [-0.15, -0.1) is 11.3 Å². The Hall–Kier alpha value is -3.49. The van der Waals surface area contributed by atoms with Crippen molar-refractivity contribution in [3.8, 4) is 0 Å². The number of nitrogens with two attached hydrogens (primary N) is 1. The van der Waals surface area contributed by atoms with Crippen LogP contribution in [0.2, 0.25) is 0 Å². The van der Waals surface area contributed by atoms with Crippen LogP contribution in [-0.4, -0.2) is 28.6 Å². The minimum atomic E-state index is -0.339. The summed E-state index contributed by atoms with van der Waals surface area (Å²) in [6.07, 6.45) is 0.548. The highest BCUT2D eigenvalue weighted by Crippen LogP contribution is 2.27. The van der Waals surface area contributed by atoms with Gasteiger partial charge in [0.1, 0.15) is 0 Å². The zero-order valence-electron chi connectivity index (χ0n) is 16.1. The largest absolute Gasteiger partial charge is 0.330 e. The molecule has 8 heteroatoms. The maximum absolute atomic E-state index is 12.9. The van der Waals surface area contributed by atoms with Gasteiger partial charge in [0.15, 0.2) is 5.82 Å². The topological polar surface area (TPSA) is 113 Å². The average molecular weight is 420 g/mol. The van der Waals surface area contributed by atoms with Gasteiger partial charge in [0, 0.05) is 11.1 Å². The second-order valence-electron chi connectivity index (χ2n) is 6.79. The number of nitrogens with zero attached hydrogens (tertiary/aromatic N) is 1. The summed E-state index contributed by atoms with van der Waals surface area (Å²) < 4.78 is 0. The number of thiophene rings is 1. The van der Waals surface area contributed by atoms with Gasteiger partial charge in [-0.25, -0.2) is 0 Å². The lowest BCUT2D eigenvalue weighted by Gasteiger charge is -2.16. The number of carbonyl (C=O) groups is 2. The Morgan fingerprint density at radius 1 is 1.07 bits per heavy atom. The Morgan fingerprint density at radius 3 is 2.63 bits per heavy atom. The SMILES string of the molecule is NCC[C@H](C(=O)Nc1ccc2[nH]nc(NC(=O)c3cccs3)c2c1)c1ccccc1. The number of anilines is 2. The first kappa shape index (κ1) is 19.8. The average Bonchev–Trinajstić information content (AvgIpc) is 3.43. The van der Waals surface area contributed by atoms with E-state index in [4.69, 9.17) is 5.73 Å². The molecule has 0 saturated heterocycles. The fraction of sp³-hybridized carbons (Fsp3) is 0.136. The molecule has 0 aliphatic heterocycles. The maximum Gasteiger partial charge on any atom is 0.266 e. The molecule has 2 amide bonds. The van der Waals surface area contributed by atoms with Crippen molar-refractivity contribution in [3.05, 3.63) is 76.5 Å². The molecular formula is C22H21N5O2S. The fourth-order valence-corrected chi connectivity index (χ4v) is 3.91. The third-order valence-corrected chi connectivity index (χ3v) is 5.65. The first-order chi connectivity index (χ1) is 14.7. The Morgan fingerprint density at radius 2 is 1.90 bits per heavy atom. The van der Waals surface area contributed by atoms with Gasteiger partial charge in [0.2, 0.25) is 5.91 Å². The number of nitrogens with one attached hydrogen (secondary N) is 3. The number of carbonyl (C=O) groups excluding carboxylic acids is 2. The first-order valence-electron chi connectivity index (χ1n) is 9.54. The van der Waals surface area contributed by atoms with Crippen molar-refractivity contribution < 1.29 is 9.59 Å². The zero-order valence-corrected chi connectivity index (χ0v) is 16.9. The molecule has 7 nitrogen and oxygen atoms in total. The molecule has 5 N–H and O–H groups in total. The van der Waals surface area contributed by atoms with E-state index in [1.54, 1.807) is 18.2 Å². The number of hydrogen-bond acceptors (Lipinski definition) is 5. The van der Waals surface area contributed by atoms with E-state index in [2.05, 4.69) is 20.8 Å². The molecule has 152 valence electrons. The Kier molecular flexibility index (Phi) is 5.87. The molecule has 0 aliphatic carbocycles. The summed E-state index contributed by atoms with van der Waals surface area (Å²) >= 11 is 1.36. The molecule has 2 heterocycles. The number of amides is 2. The Bertz CT molecular complexity index is 1150. The molecule has 0 aliphatic rings. The molecule has 0 saturated carbocycles. The number of aromatic amines is 1. The summed E-state index contributed by atoms with van der Waals surface area (Å²) in [5.41, 5.74) is 8.04. The standard InChI is InChI=1S/C22H21N5O2S/c23-11-10-16(14-5-2-1-3-6-14)21(28)24-15-8-9-18-17(13-15)20(27-26-18)25-22(29)19-7-4-12-30-19/h1-9,12-13,16H,10-11,23H2,(H,24,28)(H2,25,26,27,29)/t16-/m0/s1. The predicted octanol–water partition coefficient (Wildman–Crippen LogP) is 3.95. The number of fused-ring (bicyclic) bond motifs is 1. The van der Waals surface area contributed by atoms with Crippen LogP contribution < -0.4 is 16.4 Å². The van der Waals surface area contributed by atoms with Gasteiger partial charge in [-0.05, 0) is 48.2 Å². The van der Waals surface area contributed by atoms with Gasteiger partial charge in [0.25, 0.3) is 5.91 Å². The van der Waals surface area contributed by atoms with Crippen molar-refractivity contribution in [1.29, 1.82) is 0 Å². The lowest BCUT2D eigenvalue weighted by Crippen LogP contribution is -2.23. The summed E-state index contributed by atoms with van der Waals surface area (Å²) in [5.74, 6) is -0.270. The fourth-order valence-electron chi connectivity index (χ4n) is 3.29. The molecule has 30 heavy (non-hydrogen) atoms. The lowest BCUT2D eigenvalue weighted by molar-refractivity contribution is -0.117. The summed E-state index contributed by atoms with van der Waals surface area (Å²) in [7, 11) is 0. The highest BCUT2D eigenvalue weighted by atomic mass is 32.1. The second kappa shape index (κ2) is 8.89. The van der Waals surface area contributed by atoms with Gasteiger partial charge in [-0.3, -0.25) is 14.7 Å². The molecular weight excluding hydrogens is 398 g/mol. The van der Waals surface area contributed by atoms with E-state index in [1.807, 2.05) is 47.8 Å². The molecule has 4 rings (SSSR count). The van der Waals surface area contributed by atoms with Gasteiger partial charge in [-0.2, -0.15) is 5.10 Å². The molecule has 2 aromatic heterocycles. The van der Waals surface area contributed by atoms with Gasteiger partial charge >= 0.3 is 0 Å². The number of benzene rings is 2. The van der Waals surface area contributed by atoms with E-state index in [0.29, 0.717) is 34.7 Å². The van der Waals surface area contributed by atoms with E-state index in [0.717, 1.165) is 11.1 Å². The van der Waals surface area contributed by atoms with Crippen LogP contribution in [0.3, 0.4) is 0 Å². The first-order valence-corrected chi connectivity index (χ1v) is 10.4. The van der Waals surface area contributed by atoms with Crippen LogP contribution in [-0.2, 0) is 4.79 Å². The molecule has 4 aromatic rings. The van der Waals surface area contributed by atoms with Crippen molar-refractivity contribution in [1.82, 2.24) is 10.2 Å². The minimum absolute atomic E-state index is 0.126. The van der Waals surface area contributed by atoms with Crippen molar-refractivity contribution >= 4 is 45.6 Å².